The molecule has 3 aromatic rings. The minimum atomic E-state index is -0.118. The van der Waals surface area contributed by atoms with Gasteiger partial charge in [-0.15, -0.1) is 0 Å². The number of amides is 2. The number of aromatic nitrogens is 1. The fourth-order valence-corrected chi connectivity index (χ4v) is 2.57. The summed E-state index contributed by atoms with van der Waals surface area (Å²) in [6.45, 7) is 1.10. The topological polar surface area (TPSA) is 45.2 Å². The first kappa shape index (κ1) is 16.7. The summed E-state index contributed by atoms with van der Waals surface area (Å²) in [5.74, 6) is 0. The molecule has 1 N–H and O–H groups in total. The van der Waals surface area contributed by atoms with Crippen LogP contribution in [0, 0.1) is 0 Å². The largest absolute Gasteiger partial charge is 0.322 e. The molecule has 0 unspecified atom stereocenters. The molecule has 126 valence electrons. The Kier molecular flexibility index (Phi) is 5.77. The van der Waals surface area contributed by atoms with Crippen molar-refractivity contribution in [3.05, 3.63) is 96.3 Å². The second-order valence-electron chi connectivity index (χ2n) is 5.77. The Balaban J connectivity index is 1.70. The van der Waals surface area contributed by atoms with E-state index in [1.807, 2.05) is 66.7 Å². The first-order valence-corrected chi connectivity index (χ1v) is 8.36. The third-order valence-electron chi connectivity index (χ3n) is 3.90. The Morgan fingerprint density at radius 2 is 1.56 bits per heavy atom. The van der Waals surface area contributed by atoms with Crippen molar-refractivity contribution >= 4 is 11.7 Å². The quantitative estimate of drug-likeness (QED) is 0.729. The van der Waals surface area contributed by atoms with Crippen LogP contribution in [0.15, 0.2) is 85.1 Å². The van der Waals surface area contributed by atoms with Crippen molar-refractivity contribution in [2.45, 2.75) is 13.0 Å². The number of para-hydroxylation sites is 1. The number of hydrogen-bond acceptors (Lipinski definition) is 2. The molecule has 2 aromatic carbocycles. The van der Waals surface area contributed by atoms with Crippen LogP contribution in [0.4, 0.5) is 10.5 Å². The second-order valence-corrected chi connectivity index (χ2v) is 5.77. The molecule has 0 aliphatic heterocycles. The van der Waals surface area contributed by atoms with Gasteiger partial charge in [-0.2, -0.15) is 0 Å². The maximum Gasteiger partial charge on any atom is 0.322 e. The number of hydrogen-bond donors (Lipinski definition) is 1. The van der Waals surface area contributed by atoms with E-state index < -0.39 is 0 Å². The summed E-state index contributed by atoms with van der Waals surface area (Å²) in [7, 11) is 0. The molecule has 2 amide bonds. The lowest BCUT2D eigenvalue weighted by molar-refractivity contribution is 0.209. The van der Waals surface area contributed by atoms with Gasteiger partial charge in [0, 0.05) is 18.4 Å². The first-order valence-electron chi connectivity index (χ1n) is 8.36. The summed E-state index contributed by atoms with van der Waals surface area (Å²) in [5.41, 5.74) is 2.87. The number of carbonyl (C=O) groups is 1. The molecule has 4 nitrogen and oxygen atoms in total. The number of benzene rings is 2. The number of nitrogens with one attached hydrogen (secondary N) is 1. The van der Waals surface area contributed by atoms with Crippen LogP contribution >= 0.6 is 0 Å². The molecule has 0 saturated heterocycles. The van der Waals surface area contributed by atoms with Gasteiger partial charge in [-0.05, 0) is 36.2 Å². The SMILES string of the molecule is O=C(Nc1ccccc1)N(CCc1ccccc1)Cc1ccccn1. The van der Waals surface area contributed by atoms with Gasteiger partial charge in [0.25, 0.3) is 0 Å². The Labute approximate surface area is 148 Å². The number of carbonyl (C=O) groups excluding carboxylic acids is 1. The molecule has 0 saturated carbocycles. The lowest BCUT2D eigenvalue weighted by Crippen LogP contribution is -2.36. The summed E-state index contributed by atoms with van der Waals surface area (Å²) >= 11 is 0. The van der Waals surface area contributed by atoms with Gasteiger partial charge < -0.3 is 10.2 Å². The van der Waals surface area contributed by atoms with Gasteiger partial charge in [-0.25, -0.2) is 4.79 Å². The van der Waals surface area contributed by atoms with E-state index in [-0.39, 0.29) is 6.03 Å². The molecule has 1 heterocycles. The van der Waals surface area contributed by atoms with E-state index in [2.05, 4.69) is 22.4 Å². The smallest absolute Gasteiger partial charge is 0.318 e. The third-order valence-corrected chi connectivity index (χ3v) is 3.90. The lowest BCUT2D eigenvalue weighted by atomic mass is 10.1. The zero-order chi connectivity index (χ0) is 17.3. The van der Waals surface area contributed by atoms with E-state index in [4.69, 9.17) is 0 Å². The standard InChI is InChI=1S/C21H21N3O/c25-21(23-19-11-5-2-6-12-19)24(17-20-13-7-8-15-22-20)16-14-18-9-3-1-4-10-18/h1-13,15H,14,16-17H2,(H,23,25). The molecule has 25 heavy (non-hydrogen) atoms. The second kappa shape index (κ2) is 8.64. The van der Waals surface area contributed by atoms with E-state index in [0.717, 1.165) is 17.8 Å². The van der Waals surface area contributed by atoms with Crippen LogP contribution in [0.2, 0.25) is 0 Å². The van der Waals surface area contributed by atoms with Crippen molar-refractivity contribution < 1.29 is 4.79 Å². The molecule has 3 rings (SSSR count). The number of rotatable bonds is 6. The van der Waals surface area contributed by atoms with Crippen molar-refractivity contribution in [1.82, 2.24) is 9.88 Å². The van der Waals surface area contributed by atoms with Gasteiger partial charge >= 0.3 is 6.03 Å². The molecule has 0 fully saturated rings. The van der Waals surface area contributed by atoms with Crippen LogP contribution in [-0.2, 0) is 13.0 Å². The van der Waals surface area contributed by atoms with Gasteiger partial charge in [-0.3, -0.25) is 4.98 Å². The average Bonchev–Trinajstić information content (AvgIpc) is 2.67. The summed E-state index contributed by atoms with van der Waals surface area (Å²) in [6, 6.07) is 25.3. The van der Waals surface area contributed by atoms with Crippen LogP contribution in [0.1, 0.15) is 11.3 Å². The molecule has 1 aromatic heterocycles. The van der Waals surface area contributed by atoms with Gasteiger partial charge in [0.05, 0.1) is 12.2 Å². The highest BCUT2D eigenvalue weighted by Crippen LogP contribution is 2.10. The highest BCUT2D eigenvalue weighted by Gasteiger charge is 2.14. The normalized spacial score (nSPS) is 10.2. The molecule has 4 heteroatoms. The van der Waals surface area contributed by atoms with Crippen molar-refractivity contribution in [2.75, 3.05) is 11.9 Å². The molecule has 0 aliphatic rings. The predicted molar refractivity (Wildman–Crippen MR) is 100 cm³/mol. The van der Waals surface area contributed by atoms with Crippen molar-refractivity contribution in [3.63, 3.8) is 0 Å². The van der Waals surface area contributed by atoms with E-state index >= 15 is 0 Å². The van der Waals surface area contributed by atoms with Crippen LogP contribution < -0.4 is 5.32 Å². The Bertz CT molecular complexity index is 776. The summed E-state index contributed by atoms with van der Waals surface area (Å²) in [6.07, 6.45) is 2.55. The first-order chi connectivity index (χ1) is 12.3. The Morgan fingerprint density at radius 3 is 2.24 bits per heavy atom. The van der Waals surface area contributed by atoms with E-state index in [0.29, 0.717) is 13.1 Å². The molecular weight excluding hydrogens is 310 g/mol. The van der Waals surface area contributed by atoms with E-state index in [1.165, 1.54) is 5.56 Å². The van der Waals surface area contributed by atoms with Crippen molar-refractivity contribution in [1.29, 1.82) is 0 Å². The zero-order valence-electron chi connectivity index (χ0n) is 14.0. The van der Waals surface area contributed by atoms with Crippen molar-refractivity contribution in [2.24, 2.45) is 0 Å². The number of pyridine rings is 1. The van der Waals surface area contributed by atoms with Crippen LogP contribution in [0.3, 0.4) is 0 Å². The van der Waals surface area contributed by atoms with Gasteiger partial charge in [-0.1, -0.05) is 54.6 Å². The minimum Gasteiger partial charge on any atom is -0.318 e. The number of anilines is 1. The molecular formula is C21H21N3O. The Hall–Kier alpha value is -3.14. The average molecular weight is 331 g/mol. The highest BCUT2D eigenvalue weighted by molar-refractivity contribution is 5.89. The lowest BCUT2D eigenvalue weighted by Gasteiger charge is -2.23. The molecule has 0 bridgehead atoms. The fourth-order valence-electron chi connectivity index (χ4n) is 2.57. The van der Waals surface area contributed by atoms with Gasteiger partial charge in [0.2, 0.25) is 0 Å². The molecule has 0 aliphatic carbocycles. The summed E-state index contributed by atoms with van der Waals surface area (Å²) in [4.78, 5) is 18.9. The van der Waals surface area contributed by atoms with Gasteiger partial charge in [0.15, 0.2) is 0 Å². The van der Waals surface area contributed by atoms with Crippen LogP contribution in [-0.4, -0.2) is 22.5 Å². The van der Waals surface area contributed by atoms with Crippen LogP contribution in [0.5, 0.6) is 0 Å². The van der Waals surface area contributed by atoms with Crippen LogP contribution in [0.25, 0.3) is 0 Å². The molecule has 0 atom stereocenters. The molecule has 0 radical (unpaired) electrons. The highest BCUT2D eigenvalue weighted by atomic mass is 16.2. The fraction of sp³-hybridized carbons (Fsp3) is 0.143. The van der Waals surface area contributed by atoms with E-state index in [9.17, 15) is 4.79 Å². The predicted octanol–water partition coefficient (Wildman–Crippen LogP) is 4.36. The number of urea groups is 1. The monoisotopic (exact) mass is 331 g/mol. The third kappa shape index (κ3) is 5.18. The summed E-state index contributed by atoms with van der Waals surface area (Å²) < 4.78 is 0. The molecule has 0 spiro atoms. The maximum absolute atomic E-state index is 12.7. The minimum absolute atomic E-state index is 0.118. The zero-order valence-corrected chi connectivity index (χ0v) is 14.0. The maximum atomic E-state index is 12.7. The van der Waals surface area contributed by atoms with Crippen molar-refractivity contribution in [3.8, 4) is 0 Å². The van der Waals surface area contributed by atoms with E-state index in [1.54, 1.807) is 11.1 Å². The summed E-state index contributed by atoms with van der Waals surface area (Å²) in [5, 5.41) is 2.96. The van der Waals surface area contributed by atoms with Gasteiger partial charge in [0.1, 0.15) is 0 Å². The number of nitrogens with zero attached hydrogens (tertiary/aromatic N) is 2. The Morgan fingerprint density at radius 1 is 0.880 bits per heavy atom.